The Morgan fingerprint density at radius 2 is 1.58 bits per heavy atom. The summed E-state index contributed by atoms with van der Waals surface area (Å²) in [6.07, 6.45) is 1.89. The Morgan fingerprint density at radius 3 is 2.36 bits per heavy atom. The Kier molecular flexibility index (Phi) is 7.17. The monoisotopic (exact) mass is 446 g/mol. The molecule has 0 bridgehead atoms. The number of carbonyl (C=O) groups excluding carboxylic acids is 2. The van der Waals surface area contributed by atoms with Gasteiger partial charge < -0.3 is 14.5 Å². The van der Waals surface area contributed by atoms with E-state index in [9.17, 15) is 9.59 Å². The highest BCUT2D eigenvalue weighted by molar-refractivity contribution is 5.97. The Morgan fingerprint density at radius 1 is 0.879 bits per heavy atom. The number of aryl methyl sites for hydroxylation is 2. The van der Waals surface area contributed by atoms with Crippen molar-refractivity contribution in [2.75, 3.05) is 32.8 Å². The van der Waals surface area contributed by atoms with Crippen LogP contribution in [0.2, 0.25) is 0 Å². The second-order valence-corrected chi connectivity index (χ2v) is 8.39. The number of para-hydroxylation sites is 1. The van der Waals surface area contributed by atoms with Crippen molar-refractivity contribution in [3.8, 4) is 5.75 Å². The van der Waals surface area contributed by atoms with Crippen LogP contribution in [0.1, 0.15) is 41.0 Å². The van der Waals surface area contributed by atoms with Crippen LogP contribution < -0.4 is 4.74 Å². The van der Waals surface area contributed by atoms with E-state index in [2.05, 4.69) is 9.97 Å². The van der Waals surface area contributed by atoms with E-state index in [1.807, 2.05) is 72.2 Å². The van der Waals surface area contributed by atoms with Gasteiger partial charge in [-0.25, -0.2) is 9.97 Å². The number of aromatic nitrogens is 2. The van der Waals surface area contributed by atoms with Crippen LogP contribution in [-0.2, 0) is 4.79 Å². The standard InChI is InChI=1S/C26H30N4O3/c1-19-20(2)28-24-18-21(11-12-23(24)27-19)26(32)30-14-7-13-29(15-16-30)25(31)10-6-17-33-22-8-4-3-5-9-22/h3-5,8-9,11-12,18H,6-7,10,13-17H2,1-2H3. The molecule has 7 heteroatoms. The molecule has 1 aliphatic rings. The van der Waals surface area contributed by atoms with E-state index in [0.717, 1.165) is 34.6 Å². The zero-order chi connectivity index (χ0) is 23.2. The summed E-state index contributed by atoms with van der Waals surface area (Å²) in [5, 5.41) is 0. The summed E-state index contributed by atoms with van der Waals surface area (Å²) >= 11 is 0. The fraction of sp³-hybridized carbons (Fsp3) is 0.385. The molecule has 33 heavy (non-hydrogen) atoms. The van der Waals surface area contributed by atoms with Gasteiger partial charge in [-0.1, -0.05) is 18.2 Å². The van der Waals surface area contributed by atoms with Crippen molar-refractivity contribution in [2.45, 2.75) is 33.1 Å². The molecule has 0 radical (unpaired) electrons. The molecule has 1 fully saturated rings. The van der Waals surface area contributed by atoms with E-state index in [4.69, 9.17) is 4.74 Å². The summed E-state index contributed by atoms with van der Waals surface area (Å²) in [6, 6.07) is 15.1. The average molecular weight is 447 g/mol. The Bertz CT molecular complexity index is 1130. The molecule has 0 unspecified atom stereocenters. The molecule has 1 aromatic heterocycles. The Balaban J connectivity index is 1.30. The van der Waals surface area contributed by atoms with E-state index < -0.39 is 0 Å². The molecule has 3 aromatic rings. The van der Waals surface area contributed by atoms with Crippen molar-refractivity contribution in [3.63, 3.8) is 0 Å². The molecule has 172 valence electrons. The van der Waals surface area contributed by atoms with Gasteiger partial charge in [-0.2, -0.15) is 0 Å². The highest BCUT2D eigenvalue weighted by Gasteiger charge is 2.23. The highest BCUT2D eigenvalue weighted by Crippen LogP contribution is 2.17. The van der Waals surface area contributed by atoms with Crippen LogP contribution in [0.15, 0.2) is 48.5 Å². The number of amides is 2. The molecule has 0 aliphatic carbocycles. The molecular weight excluding hydrogens is 416 g/mol. The predicted octanol–water partition coefficient (Wildman–Crippen LogP) is 3.78. The van der Waals surface area contributed by atoms with Gasteiger partial charge in [0.25, 0.3) is 5.91 Å². The fourth-order valence-corrected chi connectivity index (χ4v) is 4.00. The lowest BCUT2D eigenvalue weighted by molar-refractivity contribution is -0.131. The van der Waals surface area contributed by atoms with Gasteiger partial charge in [0.2, 0.25) is 5.91 Å². The van der Waals surface area contributed by atoms with Crippen LogP contribution in [0.25, 0.3) is 11.0 Å². The first-order valence-corrected chi connectivity index (χ1v) is 11.5. The minimum Gasteiger partial charge on any atom is -0.494 e. The summed E-state index contributed by atoms with van der Waals surface area (Å²) in [4.78, 5) is 38.6. The van der Waals surface area contributed by atoms with Crippen LogP contribution in [0, 0.1) is 13.8 Å². The van der Waals surface area contributed by atoms with Crippen molar-refractivity contribution in [1.82, 2.24) is 19.8 Å². The van der Waals surface area contributed by atoms with Crippen LogP contribution >= 0.6 is 0 Å². The summed E-state index contributed by atoms with van der Waals surface area (Å²) in [5.74, 6) is 0.911. The molecule has 7 nitrogen and oxygen atoms in total. The Hall–Kier alpha value is -3.48. The van der Waals surface area contributed by atoms with Crippen molar-refractivity contribution < 1.29 is 14.3 Å². The van der Waals surface area contributed by atoms with Gasteiger partial charge in [0.15, 0.2) is 0 Å². The van der Waals surface area contributed by atoms with Crippen LogP contribution in [-0.4, -0.2) is 64.4 Å². The van der Waals surface area contributed by atoms with Crippen LogP contribution in [0.3, 0.4) is 0 Å². The molecule has 0 saturated carbocycles. The molecule has 0 N–H and O–H groups in total. The highest BCUT2D eigenvalue weighted by atomic mass is 16.5. The first-order valence-electron chi connectivity index (χ1n) is 11.5. The maximum atomic E-state index is 13.1. The second kappa shape index (κ2) is 10.4. The maximum Gasteiger partial charge on any atom is 0.253 e. The van der Waals surface area contributed by atoms with Crippen molar-refractivity contribution >= 4 is 22.8 Å². The summed E-state index contributed by atoms with van der Waals surface area (Å²) in [5.41, 5.74) is 3.89. The molecule has 1 saturated heterocycles. The zero-order valence-electron chi connectivity index (χ0n) is 19.3. The zero-order valence-corrected chi connectivity index (χ0v) is 19.3. The van der Waals surface area contributed by atoms with Gasteiger partial charge >= 0.3 is 0 Å². The fourth-order valence-electron chi connectivity index (χ4n) is 4.00. The molecule has 2 heterocycles. The topological polar surface area (TPSA) is 75.6 Å². The van der Waals surface area contributed by atoms with E-state index >= 15 is 0 Å². The number of ether oxygens (including phenoxy) is 1. The van der Waals surface area contributed by atoms with Gasteiger partial charge in [0.1, 0.15) is 5.75 Å². The predicted molar refractivity (Wildman–Crippen MR) is 127 cm³/mol. The van der Waals surface area contributed by atoms with Gasteiger partial charge in [0, 0.05) is 38.2 Å². The smallest absolute Gasteiger partial charge is 0.253 e. The van der Waals surface area contributed by atoms with Crippen molar-refractivity contribution in [1.29, 1.82) is 0 Å². The van der Waals surface area contributed by atoms with E-state index in [-0.39, 0.29) is 11.8 Å². The lowest BCUT2D eigenvalue weighted by Crippen LogP contribution is -2.37. The van der Waals surface area contributed by atoms with Crippen LogP contribution in [0.4, 0.5) is 0 Å². The third kappa shape index (κ3) is 5.66. The number of hydrogen-bond donors (Lipinski definition) is 0. The first-order chi connectivity index (χ1) is 16.0. The third-order valence-corrected chi connectivity index (χ3v) is 6.01. The molecule has 2 amide bonds. The summed E-state index contributed by atoms with van der Waals surface area (Å²) in [6.45, 7) is 6.75. The number of rotatable bonds is 6. The lowest BCUT2D eigenvalue weighted by Gasteiger charge is -2.22. The maximum absolute atomic E-state index is 13.1. The molecule has 4 rings (SSSR count). The van der Waals surface area contributed by atoms with Crippen LogP contribution in [0.5, 0.6) is 5.75 Å². The van der Waals surface area contributed by atoms with E-state index in [0.29, 0.717) is 51.2 Å². The van der Waals surface area contributed by atoms with Crippen molar-refractivity contribution in [2.24, 2.45) is 0 Å². The number of hydrogen-bond acceptors (Lipinski definition) is 5. The van der Waals surface area contributed by atoms with E-state index in [1.165, 1.54) is 0 Å². The number of nitrogens with zero attached hydrogens (tertiary/aromatic N) is 4. The van der Waals surface area contributed by atoms with E-state index in [1.54, 1.807) is 0 Å². The largest absolute Gasteiger partial charge is 0.494 e. The van der Waals surface area contributed by atoms with Crippen molar-refractivity contribution in [3.05, 3.63) is 65.5 Å². The summed E-state index contributed by atoms with van der Waals surface area (Å²) < 4.78 is 5.68. The molecule has 2 aromatic carbocycles. The molecule has 0 atom stereocenters. The molecule has 0 spiro atoms. The van der Waals surface area contributed by atoms with Gasteiger partial charge in [0.05, 0.1) is 29.0 Å². The number of benzene rings is 2. The third-order valence-electron chi connectivity index (χ3n) is 6.01. The normalized spacial score (nSPS) is 14.2. The SMILES string of the molecule is Cc1nc2ccc(C(=O)N3CCCN(C(=O)CCCOc4ccccc4)CC3)cc2nc1C. The summed E-state index contributed by atoms with van der Waals surface area (Å²) in [7, 11) is 0. The number of fused-ring (bicyclic) bond motifs is 1. The van der Waals surface area contributed by atoms with Gasteiger partial charge in [-0.3, -0.25) is 9.59 Å². The second-order valence-electron chi connectivity index (χ2n) is 8.39. The first kappa shape index (κ1) is 22.7. The van der Waals surface area contributed by atoms with Gasteiger partial charge in [-0.05, 0) is 57.0 Å². The minimum absolute atomic E-state index is 0.0255. The molecule has 1 aliphatic heterocycles. The number of carbonyl (C=O) groups is 2. The molecular formula is C26H30N4O3. The quantitative estimate of drug-likeness (QED) is 0.539. The Labute approximate surface area is 194 Å². The van der Waals surface area contributed by atoms with Gasteiger partial charge in [-0.15, -0.1) is 0 Å². The minimum atomic E-state index is -0.0255. The lowest BCUT2D eigenvalue weighted by atomic mass is 10.1. The average Bonchev–Trinajstić information content (AvgIpc) is 3.09.